The molecule has 0 unspecified atom stereocenters. The van der Waals surface area contributed by atoms with Crippen LogP contribution in [0.1, 0.15) is 19.5 Å². The van der Waals surface area contributed by atoms with Gasteiger partial charge in [-0.1, -0.05) is 0 Å². The number of aromatic nitrogens is 2. The number of nitrogens with one attached hydrogen (secondary N) is 1. The Hall–Kier alpha value is -1.16. The van der Waals surface area contributed by atoms with Crippen molar-refractivity contribution in [2.45, 2.75) is 26.3 Å². The third kappa shape index (κ3) is 3.85. The molecule has 0 spiro atoms. The van der Waals surface area contributed by atoms with Crippen LogP contribution >= 0.6 is 0 Å². The first-order valence-corrected chi connectivity index (χ1v) is 4.29. The summed E-state index contributed by atoms with van der Waals surface area (Å²) in [6.45, 7) is 6.51. The highest BCUT2D eigenvalue weighted by atomic mass is 15.0. The van der Waals surface area contributed by atoms with E-state index in [1.54, 1.807) is 12.4 Å². The molecule has 3 N–H and O–H groups in total. The van der Waals surface area contributed by atoms with E-state index in [0.29, 0.717) is 6.54 Å². The Kier molecular flexibility index (Phi) is 2.83. The monoisotopic (exact) mass is 180 g/mol. The van der Waals surface area contributed by atoms with Gasteiger partial charge in [-0.15, -0.1) is 0 Å². The van der Waals surface area contributed by atoms with Crippen LogP contribution in [0.3, 0.4) is 0 Å². The molecule has 0 fully saturated rings. The third-order valence-corrected chi connectivity index (χ3v) is 1.51. The predicted octanol–water partition coefficient (Wildman–Crippen LogP) is 0.934. The second kappa shape index (κ2) is 3.70. The fourth-order valence-electron chi connectivity index (χ4n) is 0.802. The highest BCUT2D eigenvalue weighted by Crippen LogP contribution is 2.02. The zero-order chi connectivity index (χ0) is 9.90. The van der Waals surface area contributed by atoms with E-state index in [0.717, 1.165) is 11.5 Å². The van der Waals surface area contributed by atoms with Crippen LogP contribution in [0.15, 0.2) is 12.4 Å². The van der Waals surface area contributed by atoms with Gasteiger partial charge in [0.25, 0.3) is 0 Å². The highest BCUT2D eigenvalue weighted by molar-refractivity contribution is 5.31. The van der Waals surface area contributed by atoms with E-state index in [2.05, 4.69) is 15.3 Å². The number of hydrogen-bond acceptors (Lipinski definition) is 4. The van der Waals surface area contributed by atoms with Crippen molar-refractivity contribution in [3.05, 3.63) is 18.1 Å². The van der Waals surface area contributed by atoms with Gasteiger partial charge in [-0.05, 0) is 20.8 Å². The Morgan fingerprint density at radius 3 is 2.54 bits per heavy atom. The lowest BCUT2D eigenvalue weighted by Crippen LogP contribution is -2.39. The molecular formula is C9H16N4. The lowest BCUT2D eigenvalue weighted by molar-refractivity contribution is 0.548. The lowest BCUT2D eigenvalue weighted by Gasteiger charge is -2.18. The van der Waals surface area contributed by atoms with Crippen LogP contribution in [0.25, 0.3) is 0 Å². The van der Waals surface area contributed by atoms with Crippen LogP contribution in [0, 0.1) is 6.92 Å². The van der Waals surface area contributed by atoms with Gasteiger partial charge < -0.3 is 11.1 Å². The first-order chi connectivity index (χ1) is 5.97. The average Bonchev–Trinajstić information content (AvgIpc) is 2.02. The summed E-state index contributed by atoms with van der Waals surface area (Å²) < 4.78 is 0. The van der Waals surface area contributed by atoms with Crippen LogP contribution in [0.2, 0.25) is 0 Å². The molecule has 0 saturated heterocycles. The highest BCUT2D eigenvalue weighted by Gasteiger charge is 2.09. The molecule has 0 aromatic carbocycles. The lowest BCUT2D eigenvalue weighted by atomic mass is 10.1. The van der Waals surface area contributed by atoms with E-state index in [-0.39, 0.29) is 5.54 Å². The Balaban J connectivity index is 2.51. The van der Waals surface area contributed by atoms with Gasteiger partial charge in [-0.2, -0.15) is 0 Å². The van der Waals surface area contributed by atoms with Crippen LogP contribution in [-0.4, -0.2) is 22.1 Å². The summed E-state index contributed by atoms with van der Waals surface area (Å²) in [5.41, 5.74) is 6.49. The fraction of sp³-hybridized carbons (Fsp3) is 0.556. The van der Waals surface area contributed by atoms with Crippen LogP contribution in [-0.2, 0) is 0 Å². The van der Waals surface area contributed by atoms with Gasteiger partial charge in [-0.3, -0.25) is 4.98 Å². The normalized spacial score (nSPS) is 11.4. The SMILES string of the molecule is Cc1cnc(NCC(C)(C)N)cn1. The van der Waals surface area contributed by atoms with Crippen molar-refractivity contribution in [3.8, 4) is 0 Å². The molecule has 1 aromatic heterocycles. The number of rotatable bonds is 3. The predicted molar refractivity (Wildman–Crippen MR) is 53.5 cm³/mol. The summed E-state index contributed by atoms with van der Waals surface area (Å²) >= 11 is 0. The smallest absolute Gasteiger partial charge is 0.144 e. The van der Waals surface area contributed by atoms with Crippen molar-refractivity contribution in [2.24, 2.45) is 5.73 Å². The molecule has 0 aliphatic rings. The largest absolute Gasteiger partial charge is 0.367 e. The molecule has 4 nitrogen and oxygen atoms in total. The van der Waals surface area contributed by atoms with Crippen molar-refractivity contribution >= 4 is 5.82 Å². The minimum atomic E-state index is -0.230. The summed E-state index contributed by atoms with van der Waals surface area (Å²) in [5, 5.41) is 3.11. The summed E-state index contributed by atoms with van der Waals surface area (Å²) in [6.07, 6.45) is 3.44. The van der Waals surface area contributed by atoms with E-state index < -0.39 is 0 Å². The molecule has 0 radical (unpaired) electrons. The molecule has 1 rings (SSSR count). The van der Waals surface area contributed by atoms with E-state index in [4.69, 9.17) is 5.73 Å². The Labute approximate surface area is 78.6 Å². The molecule has 1 aromatic rings. The maximum atomic E-state index is 5.80. The van der Waals surface area contributed by atoms with Crippen molar-refractivity contribution in [2.75, 3.05) is 11.9 Å². The summed E-state index contributed by atoms with van der Waals surface area (Å²) in [7, 11) is 0. The molecule has 72 valence electrons. The molecule has 4 heteroatoms. The van der Waals surface area contributed by atoms with Gasteiger partial charge in [0.2, 0.25) is 0 Å². The maximum absolute atomic E-state index is 5.80. The average molecular weight is 180 g/mol. The minimum Gasteiger partial charge on any atom is -0.367 e. The molecule has 1 heterocycles. The fourth-order valence-corrected chi connectivity index (χ4v) is 0.802. The summed E-state index contributed by atoms with van der Waals surface area (Å²) in [6, 6.07) is 0. The molecular weight excluding hydrogens is 164 g/mol. The van der Waals surface area contributed by atoms with Crippen molar-refractivity contribution in [1.82, 2.24) is 9.97 Å². The molecule has 0 atom stereocenters. The second-order valence-corrected chi connectivity index (χ2v) is 3.89. The van der Waals surface area contributed by atoms with E-state index >= 15 is 0 Å². The van der Waals surface area contributed by atoms with Crippen molar-refractivity contribution < 1.29 is 0 Å². The van der Waals surface area contributed by atoms with Gasteiger partial charge in [0.1, 0.15) is 5.82 Å². The molecule has 0 aliphatic heterocycles. The first-order valence-electron chi connectivity index (χ1n) is 4.29. The van der Waals surface area contributed by atoms with Gasteiger partial charge >= 0.3 is 0 Å². The van der Waals surface area contributed by atoms with Gasteiger partial charge in [0.15, 0.2) is 0 Å². The zero-order valence-corrected chi connectivity index (χ0v) is 8.33. The van der Waals surface area contributed by atoms with Crippen LogP contribution in [0.5, 0.6) is 0 Å². The minimum absolute atomic E-state index is 0.230. The molecule has 0 aliphatic carbocycles. The number of hydrogen-bond donors (Lipinski definition) is 2. The first kappa shape index (κ1) is 9.92. The molecule has 13 heavy (non-hydrogen) atoms. The summed E-state index contributed by atoms with van der Waals surface area (Å²) in [5.74, 6) is 0.768. The third-order valence-electron chi connectivity index (χ3n) is 1.51. The van der Waals surface area contributed by atoms with Crippen LogP contribution in [0.4, 0.5) is 5.82 Å². The quantitative estimate of drug-likeness (QED) is 0.726. The molecule has 0 amide bonds. The topological polar surface area (TPSA) is 63.8 Å². The van der Waals surface area contributed by atoms with E-state index in [9.17, 15) is 0 Å². The maximum Gasteiger partial charge on any atom is 0.144 e. The van der Waals surface area contributed by atoms with E-state index in [1.807, 2.05) is 20.8 Å². The Bertz CT molecular complexity index is 260. The standard InChI is InChI=1S/C9H16N4/c1-7-4-12-8(5-11-7)13-6-9(2,3)10/h4-5H,6,10H2,1-3H3,(H,12,13). The number of nitrogens with zero attached hydrogens (tertiary/aromatic N) is 2. The molecule has 0 bridgehead atoms. The van der Waals surface area contributed by atoms with Crippen LogP contribution < -0.4 is 11.1 Å². The number of nitrogens with two attached hydrogens (primary N) is 1. The molecule has 0 saturated carbocycles. The van der Waals surface area contributed by atoms with Crippen molar-refractivity contribution in [1.29, 1.82) is 0 Å². The van der Waals surface area contributed by atoms with Gasteiger partial charge in [0.05, 0.1) is 18.1 Å². The van der Waals surface area contributed by atoms with E-state index in [1.165, 1.54) is 0 Å². The Morgan fingerprint density at radius 2 is 2.08 bits per heavy atom. The second-order valence-electron chi connectivity index (χ2n) is 3.89. The van der Waals surface area contributed by atoms with Crippen molar-refractivity contribution in [3.63, 3.8) is 0 Å². The summed E-state index contributed by atoms with van der Waals surface area (Å²) in [4.78, 5) is 8.27. The number of anilines is 1. The zero-order valence-electron chi connectivity index (χ0n) is 8.33. The Morgan fingerprint density at radius 1 is 1.38 bits per heavy atom. The number of aryl methyl sites for hydroxylation is 1. The van der Waals surface area contributed by atoms with Gasteiger partial charge in [0, 0.05) is 12.1 Å². The van der Waals surface area contributed by atoms with Gasteiger partial charge in [-0.25, -0.2) is 4.98 Å².